The first-order chi connectivity index (χ1) is 12.7. The smallest absolute Gasteiger partial charge is 0.274 e. The van der Waals surface area contributed by atoms with E-state index in [4.69, 9.17) is 0 Å². The number of aryl methyl sites for hydroxylation is 1. The van der Waals surface area contributed by atoms with E-state index in [-0.39, 0.29) is 22.6 Å². The number of aromatic nitrogens is 1. The predicted molar refractivity (Wildman–Crippen MR) is 91.9 cm³/mol. The van der Waals surface area contributed by atoms with E-state index in [1.54, 1.807) is 30.3 Å². The van der Waals surface area contributed by atoms with Crippen molar-refractivity contribution in [2.45, 2.75) is 29.8 Å². The number of benzene rings is 1. The molecule has 1 aliphatic rings. The van der Waals surface area contributed by atoms with Crippen LogP contribution in [0.25, 0.3) is 0 Å². The minimum Gasteiger partial charge on any atom is -0.274 e. The molecule has 5 nitrogen and oxygen atoms in total. The zero-order valence-electron chi connectivity index (χ0n) is 13.9. The Morgan fingerprint density at radius 1 is 1.26 bits per heavy atom. The van der Waals surface area contributed by atoms with Crippen LogP contribution in [0.3, 0.4) is 0 Å². The molecule has 0 radical (unpaired) electrons. The highest BCUT2D eigenvalue weighted by Gasteiger charge is 2.41. The first-order valence-corrected chi connectivity index (χ1v) is 8.67. The van der Waals surface area contributed by atoms with Crippen LogP contribution in [-0.2, 0) is 15.8 Å². The number of thioether (sulfide) groups is 1. The molecule has 1 aromatic carbocycles. The summed E-state index contributed by atoms with van der Waals surface area (Å²) in [5.41, 5.74) is -0.673. The topological polar surface area (TPSA) is 74.1 Å². The number of hydrogen-bond donors (Lipinski definition) is 0. The summed E-state index contributed by atoms with van der Waals surface area (Å²) in [5.74, 6) is -0.997. The molecular formula is C18H12F3N3O2S. The largest absolute Gasteiger partial charge is 0.433 e. The highest BCUT2D eigenvalue weighted by atomic mass is 32.2. The van der Waals surface area contributed by atoms with Crippen LogP contribution >= 0.6 is 11.8 Å². The van der Waals surface area contributed by atoms with Crippen molar-refractivity contribution in [3.63, 3.8) is 0 Å². The molecule has 2 aromatic rings. The van der Waals surface area contributed by atoms with Gasteiger partial charge < -0.3 is 0 Å². The number of carbonyl (C=O) groups is 2. The van der Waals surface area contributed by atoms with Gasteiger partial charge in [0.05, 0.1) is 16.5 Å². The lowest BCUT2D eigenvalue weighted by atomic mass is 10.1. The molecule has 9 heteroatoms. The number of rotatable bonds is 3. The molecule has 3 rings (SSSR count). The van der Waals surface area contributed by atoms with Crippen LogP contribution in [-0.4, -0.2) is 22.0 Å². The molecule has 138 valence electrons. The van der Waals surface area contributed by atoms with E-state index in [9.17, 15) is 28.0 Å². The molecule has 0 saturated carbocycles. The van der Waals surface area contributed by atoms with Crippen LogP contribution < -0.4 is 4.90 Å². The normalized spacial score (nSPS) is 17.3. The lowest BCUT2D eigenvalue weighted by Gasteiger charge is -2.15. The number of hydrogen-bond acceptors (Lipinski definition) is 5. The maximum Gasteiger partial charge on any atom is 0.433 e. The molecule has 0 N–H and O–H groups in total. The van der Waals surface area contributed by atoms with Crippen LogP contribution in [0.15, 0.2) is 41.4 Å². The lowest BCUT2D eigenvalue weighted by molar-refractivity contribution is -0.141. The summed E-state index contributed by atoms with van der Waals surface area (Å²) in [7, 11) is 0. The molecule has 2 heterocycles. The molecule has 2 amide bonds. The second-order valence-electron chi connectivity index (χ2n) is 5.83. The number of anilines is 1. The third kappa shape index (κ3) is 3.66. The molecule has 1 fully saturated rings. The van der Waals surface area contributed by atoms with E-state index >= 15 is 0 Å². The fraction of sp³-hybridized carbons (Fsp3) is 0.222. The molecular weight excluding hydrogens is 379 g/mol. The van der Waals surface area contributed by atoms with Crippen molar-refractivity contribution in [2.75, 3.05) is 4.90 Å². The van der Waals surface area contributed by atoms with E-state index in [2.05, 4.69) is 4.98 Å². The number of pyridine rings is 1. The number of nitriles is 1. The first-order valence-electron chi connectivity index (χ1n) is 7.80. The van der Waals surface area contributed by atoms with Gasteiger partial charge in [-0.3, -0.25) is 9.59 Å². The average molecular weight is 391 g/mol. The molecule has 0 bridgehead atoms. The second kappa shape index (κ2) is 7.04. The van der Waals surface area contributed by atoms with Crippen LogP contribution in [0.1, 0.15) is 23.2 Å². The summed E-state index contributed by atoms with van der Waals surface area (Å²) in [6, 6.07) is 10.9. The van der Waals surface area contributed by atoms with Gasteiger partial charge >= 0.3 is 6.18 Å². The fourth-order valence-electron chi connectivity index (χ4n) is 2.69. The van der Waals surface area contributed by atoms with E-state index in [0.29, 0.717) is 17.4 Å². The van der Waals surface area contributed by atoms with E-state index in [1.807, 2.05) is 6.07 Å². The quantitative estimate of drug-likeness (QED) is 0.746. The summed E-state index contributed by atoms with van der Waals surface area (Å²) in [6.45, 7) is 1.37. The third-order valence-electron chi connectivity index (χ3n) is 3.96. The van der Waals surface area contributed by atoms with Crippen LogP contribution in [0.2, 0.25) is 0 Å². The summed E-state index contributed by atoms with van der Waals surface area (Å²) >= 11 is 0.711. The summed E-state index contributed by atoms with van der Waals surface area (Å²) in [5, 5.41) is 8.12. The van der Waals surface area contributed by atoms with Crippen molar-refractivity contribution in [3.05, 3.63) is 53.2 Å². The van der Waals surface area contributed by atoms with Gasteiger partial charge in [0.25, 0.3) is 0 Å². The third-order valence-corrected chi connectivity index (χ3v) is 5.13. The number of para-hydroxylation sites is 1. The van der Waals surface area contributed by atoms with Gasteiger partial charge in [0, 0.05) is 6.42 Å². The Labute approximate surface area is 156 Å². The van der Waals surface area contributed by atoms with E-state index in [1.165, 1.54) is 6.92 Å². The molecule has 0 spiro atoms. The van der Waals surface area contributed by atoms with Crippen molar-refractivity contribution < 1.29 is 22.8 Å². The summed E-state index contributed by atoms with van der Waals surface area (Å²) < 4.78 is 39.1. The van der Waals surface area contributed by atoms with Gasteiger partial charge in [-0.25, -0.2) is 9.88 Å². The Morgan fingerprint density at radius 2 is 1.93 bits per heavy atom. The van der Waals surface area contributed by atoms with Gasteiger partial charge in [0.1, 0.15) is 16.8 Å². The van der Waals surface area contributed by atoms with Crippen molar-refractivity contribution in [1.82, 2.24) is 4.98 Å². The second-order valence-corrected chi connectivity index (χ2v) is 7.02. The first kappa shape index (κ1) is 18.9. The Bertz CT molecular complexity index is 955. The summed E-state index contributed by atoms with van der Waals surface area (Å²) in [4.78, 5) is 29.4. The molecule has 1 atom stereocenters. The van der Waals surface area contributed by atoms with Crippen molar-refractivity contribution in [2.24, 2.45) is 0 Å². The van der Waals surface area contributed by atoms with Crippen molar-refractivity contribution in [3.8, 4) is 6.07 Å². The highest BCUT2D eigenvalue weighted by Crippen LogP contribution is 2.37. The van der Waals surface area contributed by atoms with Gasteiger partial charge in [-0.15, -0.1) is 0 Å². The number of amides is 2. The Morgan fingerprint density at radius 3 is 2.52 bits per heavy atom. The van der Waals surface area contributed by atoms with E-state index < -0.39 is 28.9 Å². The standard InChI is InChI=1S/C18H12F3N3O2S/c1-10-7-14(18(19,20)21)23-16(12(10)9-22)27-13-8-15(25)24(17(13)26)11-5-3-2-4-6-11/h2-7,13H,8H2,1H3/t13-/m0/s1. The monoisotopic (exact) mass is 391 g/mol. The highest BCUT2D eigenvalue weighted by molar-refractivity contribution is 8.00. The number of carbonyl (C=O) groups excluding carboxylic acids is 2. The number of nitrogens with zero attached hydrogens (tertiary/aromatic N) is 3. The SMILES string of the molecule is Cc1cc(C(F)(F)F)nc(S[C@H]2CC(=O)N(c3ccccc3)C2=O)c1C#N. The van der Waals surface area contributed by atoms with Gasteiger partial charge in [0.15, 0.2) is 0 Å². The fourth-order valence-corrected chi connectivity index (χ4v) is 3.87. The maximum absolute atomic E-state index is 13.0. The molecule has 1 aliphatic heterocycles. The Kier molecular flexibility index (Phi) is 4.93. The maximum atomic E-state index is 13.0. The molecule has 1 aromatic heterocycles. The number of halogens is 3. The predicted octanol–water partition coefficient (Wildman–Crippen LogP) is 3.70. The molecule has 1 saturated heterocycles. The van der Waals surface area contributed by atoms with Gasteiger partial charge in [-0.2, -0.15) is 18.4 Å². The number of imide groups is 1. The van der Waals surface area contributed by atoms with Crippen molar-refractivity contribution >= 4 is 29.3 Å². The lowest BCUT2D eigenvalue weighted by Crippen LogP contribution is -2.31. The van der Waals surface area contributed by atoms with Gasteiger partial charge in [0.2, 0.25) is 11.8 Å². The molecule has 27 heavy (non-hydrogen) atoms. The van der Waals surface area contributed by atoms with Crippen LogP contribution in [0.4, 0.5) is 18.9 Å². The van der Waals surface area contributed by atoms with E-state index in [0.717, 1.165) is 11.0 Å². The van der Waals surface area contributed by atoms with Crippen LogP contribution in [0, 0.1) is 18.3 Å². The molecule has 0 aliphatic carbocycles. The zero-order chi connectivity index (χ0) is 19.8. The van der Waals surface area contributed by atoms with Crippen molar-refractivity contribution in [1.29, 1.82) is 5.26 Å². The van der Waals surface area contributed by atoms with Gasteiger partial charge in [-0.1, -0.05) is 30.0 Å². The Hall–Kier alpha value is -2.86. The zero-order valence-corrected chi connectivity index (χ0v) is 14.8. The van der Waals surface area contributed by atoms with Gasteiger partial charge in [-0.05, 0) is 30.7 Å². The Balaban J connectivity index is 1.94. The number of alkyl halides is 3. The minimum atomic E-state index is -4.68. The average Bonchev–Trinajstić information content (AvgIpc) is 2.88. The summed E-state index contributed by atoms with van der Waals surface area (Å²) in [6.07, 6.45) is -4.86. The minimum absolute atomic E-state index is 0.0357. The van der Waals surface area contributed by atoms with Crippen LogP contribution in [0.5, 0.6) is 0 Å². The molecule has 0 unspecified atom stereocenters.